The number of hydrogen-bond acceptors (Lipinski definition) is 3. The molecule has 0 saturated carbocycles. The predicted octanol–water partition coefficient (Wildman–Crippen LogP) is 5.16. The van der Waals surface area contributed by atoms with Crippen molar-refractivity contribution in [1.29, 1.82) is 0 Å². The topological polar surface area (TPSA) is 78.5 Å². The van der Waals surface area contributed by atoms with Gasteiger partial charge in [-0.25, -0.2) is 0 Å². The fourth-order valence-corrected chi connectivity index (χ4v) is 3.89. The van der Waals surface area contributed by atoms with Gasteiger partial charge in [0.25, 0.3) is 5.91 Å². The number of fused-ring (bicyclic) bond motifs is 1. The molecule has 0 radical (unpaired) electrons. The molecular formula is C24H19Cl2N3O3. The van der Waals surface area contributed by atoms with Gasteiger partial charge in [-0.05, 0) is 54.4 Å². The lowest BCUT2D eigenvalue weighted by molar-refractivity contribution is -0.116. The van der Waals surface area contributed by atoms with Crippen molar-refractivity contribution in [1.82, 2.24) is 0 Å². The first-order chi connectivity index (χ1) is 15.4. The van der Waals surface area contributed by atoms with Gasteiger partial charge in [-0.2, -0.15) is 0 Å². The first kappa shape index (κ1) is 21.9. The van der Waals surface area contributed by atoms with Crippen LogP contribution in [0.2, 0.25) is 10.0 Å². The lowest BCUT2D eigenvalue weighted by atomic mass is 10.1. The minimum Gasteiger partial charge on any atom is -0.326 e. The third kappa shape index (κ3) is 4.77. The maximum Gasteiger partial charge on any atom is 0.258 e. The van der Waals surface area contributed by atoms with Crippen molar-refractivity contribution in [3.05, 3.63) is 87.9 Å². The third-order valence-corrected chi connectivity index (χ3v) is 5.94. The summed E-state index contributed by atoms with van der Waals surface area (Å²) in [5.74, 6) is -0.719. The van der Waals surface area contributed by atoms with E-state index in [0.29, 0.717) is 39.1 Å². The van der Waals surface area contributed by atoms with Gasteiger partial charge in [-0.1, -0.05) is 47.5 Å². The number of hydrogen-bond donors (Lipinski definition) is 2. The number of aryl methyl sites for hydroxylation is 1. The van der Waals surface area contributed by atoms with E-state index in [2.05, 4.69) is 10.6 Å². The SMILES string of the molecule is O=C(CCc1cccc(Cl)c1Cl)Nc1ccc(C(=O)N2CC(=O)Nc3ccccc32)cc1. The number of rotatable bonds is 5. The summed E-state index contributed by atoms with van der Waals surface area (Å²) in [5, 5.41) is 6.49. The van der Waals surface area contributed by atoms with E-state index in [9.17, 15) is 14.4 Å². The minimum atomic E-state index is -0.291. The Kier molecular flexibility index (Phi) is 6.44. The van der Waals surface area contributed by atoms with E-state index in [1.54, 1.807) is 54.6 Å². The molecule has 8 heteroatoms. The number of carbonyl (C=O) groups is 3. The molecule has 6 nitrogen and oxygen atoms in total. The molecule has 4 rings (SSSR count). The summed E-state index contributed by atoms with van der Waals surface area (Å²) in [7, 11) is 0. The van der Waals surface area contributed by atoms with Crippen LogP contribution in [0.25, 0.3) is 0 Å². The third-order valence-electron chi connectivity index (χ3n) is 5.08. The Bertz CT molecular complexity index is 1200. The summed E-state index contributed by atoms with van der Waals surface area (Å²) >= 11 is 12.2. The lowest BCUT2D eigenvalue weighted by Gasteiger charge is -2.29. The van der Waals surface area contributed by atoms with Crippen molar-refractivity contribution in [2.75, 3.05) is 22.1 Å². The zero-order valence-corrected chi connectivity index (χ0v) is 18.4. The highest BCUT2D eigenvalue weighted by Gasteiger charge is 2.27. The average Bonchev–Trinajstić information content (AvgIpc) is 2.79. The van der Waals surface area contributed by atoms with Crippen LogP contribution < -0.4 is 15.5 Å². The second-order valence-corrected chi connectivity index (χ2v) is 8.08. The van der Waals surface area contributed by atoms with Crippen LogP contribution in [0.1, 0.15) is 22.3 Å². The maximum atomic E-state index is 13.0. The van der Waals surface area contributed by atoms with Crippen LogP contribution in [-0.2, 0) is 16.0 Å². The highest BCUT2D eigenvalue weighted by atomic mass is 35.5. The Labute approximate surface area is 195 Å². The summed E-state index contributed by atoms with van der Waals surface area (Å²) in [5.41, 5.74) is 3.04. The van der Waals surface area contributed by atoms with Gasteiger partial charge in [0.15, 0.2) is 0 Å². The Morgan fingerprint density at radius 1 is 0.969 bits per heavy atom. The predicted molar refractivity (Wildman–Crippen MR) is 127 cm³/mol. The molecule has 3 aromatic carbocycles. The molecule has 0 bridgehead atoms. The Hall–Kier alpha value is -3.35. The maximum absolute atomic E-state index is 13.0. The van der Waals surface area contributed by atoms with Gasteiger partial charge in [0, 0.05) is 17.7 Å². The summed E-state index contributed by atoms with van der Waals surface area (Å²) in [6.07, 6.45) is 0.693. The smallest absolute Gasteiger partial charge is 0.258 e. The van der Waals surface area contributed by atoms with Gasteiger partial charge in [0.1, 0.15) is 6.54 Å². The molecule has 2 N–H and O–H groups in total. The molecule has 0 saturated heterocycles. The largest absolute Gasteiger partial charge is 0.326 e. The Balaban J connectivity index is 1.40. The van der Waals surface area contributed by atoms with Crippen molar-refractivity contribution < 1.29 is 14.4 Å². The second kappa shape index (κ2) is 9.42. The van der Waals surface area contributed by atoms with Crippen molar-refractivity contribution >= 4 is 58.0 Å². The molecule has 0 unspecified atom stereocenters. The van der Waals surface area contributed by atoms with E-state index in [4.69, 9.17) is 23.2 Å². The summed E-state index contributed by atoms with van der Waals surface area (Å²) in [6.45, 7) is -0.0552. The van der Waals surface area contributed by atoms with Crippen LogP contribution in [0.15, 0.2) is 66.7 Å². The first-order valence-electron chi connectivity index (χ1n) is 9.96. The van der Waals surface area contributed by atoms with Crippen LogP contribution in [0.5, 0.6) is 0 Å². The van der Waals surface area contributed by atoms with Crippen LogP contribution >= 0.6 is 23.2 Å². The molecule has 0 spiro atoms. The lowest BCUT2D eigenvalue weighted by Crippen LogP contribution is -2.42. The standard InChI is InChI=1S/C24H19Cl2N3O3/c25-18-5-3-4-15(23(18)26)10-13-21(30)27-17-11-8-16(9-12-17)24(32)29-14-22(31)28-19-6-1-2-7-20(19)29/h1-9,11-12H,10,13-14H2,(H,27,30)(H,28,31). The molecule has 1 heterocycles. The van der Waals surface area contributed by atoms with Crippen molar-refractivity contribution in [3.63, 3.8) is 0 Å². The molecule has 0 atom stereocenters. The number of nitrogens with one attached hydrogen (secondary N) is 2. The van der Waals surface area contributed by atoms with Crippen molar-refractivity contribution in [2.24, 2.45) is 0 Å². The fraction of sp³-hybridized carbons (Fsp3) is 0.125. The van der Waals surface area contributed by atoms with E-state index in [1.165, 1.54) is 4.90 Å². The first-order valence-corrected chi connectivity index (χ1v) is 10.7. The zero-order chi connectivity index (χ0) is 22.7. The molecule has 0 aliphatic carbocycles. The number of amides is 3. The quantitative estimate of drug-likeness (QED) is 0.543. The molecule has 0 aromatic heterocycles. The summed E-state index contributed by atoms with van der Waals surface area (Å²) in [4.78, 5) is 38.7. The van der Waals surface area contributed by atoms with E-state index >= 15 is 0 Å². The minimum absolute atomic E-state index is 0.0552. The van der Waals surface area contributed by atoms with E-state index < -0.39 is 0 Å². The molecule has 3 aromatic rings. The van der Waals surface area contributed by atoms with Gasteiger partial charge in [-0.15, -0.1) is 0 Å². The summed E-state index contributed by atoms with van der Waals surface area (Å²) in [6, 6.07) is 19.0. The number of nitrogens with zero attached hydrogens (tertiary/aromatic N) is 1. The fourth-order valence-electron chi connectivity index (χ4n) is 3.48. The van der Waals surface area contributed by atoms with Crippen molar-refractivity contribution in [3.8, 4) is 0 Å². The van der Waals surface area contributed by atoms with E-state index in [0.717, 1.165) is 5.56 Å². The van der Waals surface area contributed by atoms with Crippen molar-refractivity contribution in [2.45, 2.75) is 12.8 Å². The zero-order valence-electron chi connectivity index (χ0n) is 16.9. The normalized spacial score (nSPS) is 12.7. The Morgan fingerprint density at radius 3 is 2.50 bits per heavy atom. The molecule has 1 aliphatic heterocycles. The Morgan fingerprint density at radius 2 is 1.72 bits per heavy atom. The molecule has 1 aliphatic rings. The highest BCUT2D eigenvalue weighted by Crippen LogP contribution is 2.30. The number of halogens is 2. The molecular weight excluding hydrogens is 449 g/mol. The van der Waals surface area contributed by atoms with Crippen LogP contribution in [0, 0.1) is 0 Å². The number of benzene rings is 3. The molecule has 162 valence electrons. The number of anilines is 3. The second-order valence-electron chi connectivity index (χ2n) is 7.30. The van der Waals surface area contributed by atoms with Crippen LogP contribution in [0.4, 0.5) is 17.1 Å². The van der Waals surface area contributed by atoms with E-state index in [1.807, 2.05) is 12.1 Å². The van der Waals surface area contributed by atoms with Gasteiger partial charge in [0.2, 0.25) is 11.8 Å². The average molecular weight is 468 g/mol. The van der Waals surface area contributed by atoms with Gasteiger partial charge in [-0.3, -0.25) is 19.3 Å². The van der Waals surface area contributed by atoms with Gasteiger partial charge >= 0.3 is 0 Å². The highest BCUT2D eigenvalue weighted by molar-refractivity contribution is 6.42. The van der Waals surface area contributed by atoms with Crippen LogP contribution in [0.3, 0.4) is 0 Å². The van der Waals surface area contributed by atoms with Gasteiger partial charge in [0.05, 0.1) is 21.4 Å². The van der Waals surface area contributed by atoms with Gasteiger partial charge < -0.3 is 10.6 Å². The molecule has 3 amide bonds. The number of carbonyl (C=O) groups excluding carboxylic acids is 3. The summed E-state index contributed by atoms with van der Waals surface area (Å²) < 4.78 is 0. The molecule has 0 fully saturated rings. The van der Waals surface area contributed by atoms with Crippen LogP contribution in [-0.4, -0.2) is 24.3 Å². The number of para-hydroxylation sites is 2. The molecule has 32 heavy (non-hydrogen) atoms. The monoisotopic (exact) mass is 467 g/mol. The van der Waals surface area contributed by atoms with E-state index in [-0.39, 0.29) is 30.7 Å².